The number of nitrogens with one attached hydrogen (secondary N) is 2. The summed E-state index contributed by atoms with van der Waals surface area (Å²) >= 11 is 0. The van der Waals surface area contributed by atoms with E-state index in [1.165, 1.54) is 6.92 Å². The zero-order valence-corrected chi connectivity index (χ0v) is 17.8. The molecule has 0 heterocycles. The van der Waals surface area contributed by atoms with Crippen LogP contribution in [0.3, 0.4) is 0 Å². The van der Waals surface area contributed by atoms with Crippen molar-refractivity contribution in [1.29, 1.82) is 0 Å². The van der Waals surface area contributed by atoms with E-state index in [0.717, 1.165) is 0 Å². The van der Waals surface area contributed by atoms with Gasteiger partial charge < -0.3 is 20.5 Å². The fourth-order valence-corrected chi connectivity index (χ4v) is 3.22. The highest BCUT2D eigenvalue weighted by atomic mass is 16.5. The van der Waals surface area contributed by atoms with E-state index in [9.17, 15) is 19.5 Å². The molecule has 0 bridgehead atoms. The molecule has 2 amide bonds. The Balaban J connectivity index is 1.63. The molecule has 3 N–H and O–H groups in total. The predicted octanol–water partition coefficient (Wildman–Crippen LogP) is 4.32. The second-order valence-electron chi connectivity index (χ2n) is 7.49. The normalized spacial score (nSPS) is 12.3. The lowest BCUT2D eigenvalue weighted by Gasteiger charge is -2.24. The molecule has 3 rings (SSSR count). The summed E-state index contributed by atoms with van der Waals surface area (Å²) in [5, 5.41) is 15.2. The number of carboxylic acids is 1. The number of benzene rings is 3. The van der Waals surface area contributed by atoms with Gasteiger partial charge in [-0.1, -0.05) is 30.3 Å². The van der Waals surface area contributed by atoms with E-state index in [4.69, 9.17) is 4.74 Å². The topological polar surface area (TPSA) is 105 Å². The zero-order valence-electron chi connectivity index (χ0n) is 17.8. The molecule has 3 aromatic carbocycles. The van der Waals surface area contributed by atoms with Gasteiger partial charge in [-0.3, -0.25) is 14.4 Å². The van der Waals surface area contributed by atoms with E-state index < -0.39 is 17.3 Å². The minimum atomic E-state index is -1.36. The first-order valence-corrected chi connectivity index (χ1v) is 9.96. The van der Waals surface area contributed by atoms with Gasteiger partial charge in [-0.05, 0) is 61.0 Å². The van der Waals surface area contributed by atoms with Crippen molar-refractivity contribution in [1.82, 2.24) is 0 Å². The van der Waals surface area contributed by atoms with Gasteiger partial charge in [0.2, 0.25) is 5.91 Å². The van der Waals surface area contributed by atoms with Crippen molar-refractivity contribution in [2.75, 3.05) is 17.7 Å². The third-order valence-electron chi connectivity index (χ3n) is 5.18. The zero-order chi connectivity index (χ0) is 23.1. The Morgan fingerprint density at radius 1 is 0.844 bits per heavy atom. The van der Waals surface area contributed by atoms with Crippen molar-refractivity contribution < 1.29 is 24.2 Å². The molecule has 0 aromatic heterocycles. The van der Waals surface area contributed by atoms with Gasteiger partial charge in [0, 0.05) is 23.4 Å². The molecule has 0 aliphatic rings. The fraction of sp³-hybridized carbons (Fsp3) is 0.160. The lowest BCUT2D eigenvalue weighted by Crippen LogP contribution is -2.36. The van der Waals surface area contributed by atoms with E-state index >= 15 is 0 Å². The lowest BCUT2D eigenvalue weighted by atomic mass is 9.79. The van der Waals surface area contributed by atoms with Crippen molar-refractivity contribution in [3.8, 4) is 5.75 Å². The summed E-state index contributed by atoms with van der Waals surface area (Å²) in [4.78, 5) is 36.9. The van der Waals surface area contributed by atoms with Crippen molar-refractivity contribution in [2.45, 2.75) is 18.8 Å². The van der Waals surface area contributed by atoms with Crippen molar-refractivity contribution in [3.63, 3.8) is 0 Å². The molecule has 0 radical (unpaired) electrons. The summed E-state index contributed by atoms with van der Waals surface area (Å²) in [6, 6.07) is 22.0. The number of carbonyl (C=O) groups is 3. The second kappa shape index (κ2) is 9.78. The Hall–Kier alpha value is -4.13. The van der Waals surface area contributed by atoms with E-state index in [0.29, 0.717) is 28.3 Å². The Labute approximate surface area is 186 Å². The summed E-state index contributed by atoms with van der Waals surface area (Å²) in [5.41, 5.74) is 0.703. The Kier molecular flexibility index (Phi) is 6.90. The maximum atomic E-state index is 12.6. The Morgan fingerprint density at radius 3 is 1.97 bits per heavy atom. The molecule has 32 heavy (non-hydrogen) atoms. The predicted molar refractivity (Wildman–Crippen MR) is 122 cm³/mol. The highest BCUT2D eigenvalue weighted by Gasteiger charge is 2.37. The number of hydrogen-bond acceptors (Lipinski definition) is 4. The molecule has 0 spiro atoms. The van der Waals surface area contributed by atoms with E-state index in [1.54, 1.807) is 86.0 Å². The first-order chi connectivity index (χ1) is 15.3. The summed E-state index contributed by atoms with van der Waals surface area (Å²) in [6.45, 7) is 1.52. The number of amides is 2. The first kappa shape index (κ1) is 22.6. The van der Waals surface area contributed by atoms with Crippen molar-refractivity contribution in [2.24, 2.45) is 0 Å². The molecule has 0 aliphatic heterocycles. The smallest absolute Gasteiger partial charge is 0.314 e. The molecule has 0 unspecified atom stereocenters. The molecule has 7 heteroatoms. The second-order valence-corrected chi connectivity index (χ2v) is 7.49. The van der Waals surface area contributed by atoms with Crippen LogP contribution in [0.15, 0.2) is 78.9 Å². The molecule has 1 atom stereocenters. The molecule has 0 aliphatic carbocycles. The molecule has 3 aromatic rings. The number of ether oxygens (including phenoxy) is 1. The summed E-state index contributed by atoms with van der Waals surface area (Å²) in [7, 11) is 1.57. The van der Waals surface area contributed by atoms with Crippen LogP contribution in [0.5, 0.6) is 5.75 Å². The van der Waals surface area contributed by atoms with Crippen molar-refractivity contribution in [3.05, 3.63) is 90.0 Å². The number of aliphatic carboxylic acids is 1. The molecule has 0 saturated carbocycles. The monoisotopic (exact) mass is 432 g/mol. The van der Waals surface area contributed by atoms with Crippen LogP contribution in [-0.4, -0.2) is 30.0 Å². The third-order valence-corrected chi connectivity index (χ3v) is 5.18. The van der Waals surface area contributed by atoms with Gasteiger partial charge in [0.25, 0.3) is 5.91 Å². The fourth-order valence-electron chi connectivity index (χ4n) is 3.22. The van der Waals surface area contributed by atoms with Gasteiger partial charge in [-0.25, -0.2) is 0 Å². The number of rotatable bonds is 8. The summed E-state index contributed by atoms with van der Waals surface area (Å²) in [6.07, 6.45) is -0.230. The summed E-state index contributed by atoms with van der Waals surface area (Å²) in [5.74, 6) is -1.12. The van der Waals surface area contributed by atoms with Crippen LogP contribution in [0.2, 0.25) is 0 Å². The standard InChI is InChI=1S/C25H24N2O5/c1-25(24(30)31,18-6-4-3-5-7-18)16-22(28)26-19-10-8-17(9-11-19)23(29)27-20-12-14-21(32-2)15-13-20/h3-15H,16H2,1-2H3,(H,26,28)(H,27,29)(H,30,31)/t25-/m1/s1. The van der Waals surface area contributed by atoms with Crippen LogP contribution < -0.4 is 15.4 Å². The van der Waals surface area contributed by atoms with Crippen LogP contribution in [-0.2, 0) is 15.0 Å². The quantitative estimate of drug-likeness (QED) is 0.492. The van der Waals surface area contributed by atoms with E-state index in [1.807, 2.05) is 0 Å². The first-order valence-electron chi connectivity index (χ1n) is 9.96. The molecule has 164 valence electrons. The third kappa shape index (κ3) is 5.31. The van der Waals surface area contributed by atoms with Gasteiger partial charge in [0.05, 0.1) is 12.5 Å². The molecule has 7 nitrogen and oxygen atoms in total. The maximum Gasteiger partial charge on any atom is 0.314 e. The molecule has 0 fully saturated rings. The van der Waals surface area contributed by atoms with E-state index in [2.05, 4.69) is 10.6 Å². The molecular formula is C25H24N2O5. The number of carboxylic acid groups (broad SMARTS) is 1. The van der Waals surface area contributed by atoms with Gasteiger partial charge in [-0.15, -0.1) is 0 Å². The largest absolute Gasteiger partial charge is 0.497 e. The van der Waals surface area contributed by atoms with Crippen LogP contribution in [0.4, 0.5) is 11.4 Å². The average Bonchev–Trinajstić information content (AvgIpc) is 2.80. The number of hydrogen-bond donors (Lipinski definition) is 3. The maximum absolute atomic E-state index is 12.6. The van der Waals surface area contributed by atoms with Gasteiger partial charge in [0.15, 0.2) is 0 Å². The number of anilines is 2. The Morgan fingerprint density at radius 2 is 1.41 bits per heavy atom. The van der Waals surface area contributed by atoms with Gasteiger partial charge >= 0.3 is 5.97 Å². The average molecular weight is 432 g/mol. The molecule has 0 saturated heterocycles. The van der Waals surface area contributed by atoms with Gasteiger partial charge in [0.1, 0.15) is 5.75 Å². The number of methoxy groups -OCH3 is 1. The SMILES string of the molecule is COc1ccc(NC(=O)c2ccc(NC(=O)C[C@@](C)(C(=O)O)c3ccccc3)cc2)cc1. The van der Waals surface area contributed by atoms with Crippen LogP contribution in [0.1, 0.15) is 29.3 Å². The highest BCUT2D eigenvalue weighted by molar-refractivity contribution is 6.04. The van der Waals surface area contributed by atoms with Crippen LogP contribution in [0, 0.1) is 0 Å². The van der Waals surface area contributed by atoms with Crippen LogP contribution in [0.25, 0.3) is 0 Å². The molecular weight excluding hydrogens is 408 g/mol. The van der Waals surface area contributed by atoms with Crippen LogP contribution >= 0.6 is 0 Å². The summed E-state index contributed by atoms with van der Waals surface area (Å²) < 4.78 is 5.09. The number of carbonyl (C=O) groups excluding carboxylic acids is 2. The minimum Gasteiger partial charge on any atom is -0.497 e. The van der Waals surface area contributed by atoms with Crippen molar-refractivity contribution >= 4 is 29.2 Å². The van der Waals surface area contributed by atoms with E-state index in [-0.39, 0.29) is 12.3 Å². The lowest BCUT2D eigenvalue weighted by molar-refractivity contribution is -0.145. The highest BCUT2D eigenvalue weighted by Crippen LogP contribution is 2.28. The van der Waals surface area contributed by atoms with Gasteiger partial charge in [-0.2, -0.15) is 0 Å². The minimum absolute atomic E-state index is 0.230. The Bertz CT molecular complexity index is 1100.